The van der Waals surface area contributed by atoms with Crippen LogP contribution in [-0.4, -0.2) is 37.6 Å². The van der Waals surface area contributed by atoms with Gasteiger partial charge in [-0.25, -0.2) is 19.0 Å². The molecular formula is C26H24F3N5O3S. The third-order valence-corrected chi connectivity index (χ3v) is 8.97. The van der Waals surface area contributed by atoms with E-state index in [1.54, 1.807) is 12.1 Å². The number of hydrogen-bond donors (Lipinski definition) is 1. The highest BCUT2D eigenvalue weighted by molar-refractivity contribution is 7.93. The van der Waals surface area contributed by atoms with E-state index in [1.807, 2.05) is 6.07 Å². The van der Waals surface area contributed by atoms with Crippen molar-refractivity contribution in [3.8, 4) is 29.0 Å². The maximum Gasteiger partial charge on any atom is 0.433 e. The molecule has 198 valence electrons. The molecule has 1 aliphatic carbocycles. The monoisotopic (exact) mass is 543 g/mol. The Morgan fingerprint density at radius 3 is 2.53 bits per heavy atom. The van der Waals surface area contributed by atoms with Gasteiger partial charge in [-0.1, -0.05) is 0 Å². The molecule has 1 saturated carbocycles. The summed E-state index contributed by atoms with van der Waals surface area (Å²) >= 11 is 0. The van der Waals surface area contributed by atoms with Crippen LogP contribution in [0.3, 0.4) is 0 Å². The van der Waals surface area contributed by atoms with E-state index < -0.39 is 26.8 Å². The number of aromatic nitrogens is 3. The van der Waals surface area contributed by atoms with Crippen molar-refractivity contribution >= 4 is 9.73 Å². The Bertz CT molecular complexity index is 1530. The summed E-state index contributed by atoms with van der Waals surface area (Å²) in [7, 11) is -3.42. The molecule has 1 unspecified atom stereocenters. The zero-order chi connectivity index (χ0) is 27.1. The molecule has 12 heteroatoms. The first kappa shape index (κ1) is 26.1. The largest absolute Gasteiger partial charge is 0.436 e. The van der Waals surface area contributed by atoms with E-state index in [0.717, 1.165) is 6.07 Å². The van der Waals surface area contributed by atoms with Crippen molar-refractivity contribution in [3.63, 3.8) is 0 Å². The quantitative estimate of drug-likeness (QED) is 0.405. The van der Waals surface area contributed by atoms with Crippen molar-refractivity contribution in [2.75, 3.05) is 13.2 Å². The number of rotatable bonds is 6. The second kappa shape index (κ2) is 9.96. The number of nitrogens with zero attached hydrogens (tertiary/aromatic N) is 4. The highest BCUT2D eigenvalue weighted by atomic mass is 32.2. The van der Waals surface area contributed by atoms with Crippen molar-refractivity contribution < 1.29 is 26.9 Å². The lowest BCUT2D eigenvalue weighted by Gasteiger charge is -2.25. The van der Waals surface area contributed by atoms with E-state index in [2.05, 4.69) is 15.0 Å². The van der Waals surface area contributed by atoms with Crippen LogP contribution in [-0.2, 0) is 20.6 Å². The fourth-order valence-corrected chi connectivity index (χ4v) is 6.25. The second-order valence-electron chi connectivity index (χ2n) is 9.40. The van der Waals surface area contributed by atoms with Gasteiger partial charge in [-0.05, 0) is 62.4 Å². The number of aryl methyl sites for hydroxylation is 1. The van der Waals surface area contributed by atoms with Gasteiger partial charge in [-0.2, -0.15) is 18.4 Å². The minimum atomic E-state index is -4.62. The molecule has 0 aromatic carbocycles. The van der Waals surface area contributed by atoms with Gasteiger partial charge in [0, 0.05) is 37.1 Å². The maximum atomic E-state index is 13.9. The third-order valence-electron chi connectivity index (χ3n) is 6.59. The third kappa shape index (κ3) is 5.21. The molecule has 1 atom stereocenters. The summed E-state index contributed by atoms with van der Waals surface area (Å²) in [5.74, 6) is -0.203. The van der Waals surface area contributed by atoms with E-state index in [9.17, 15) is 22.6 Å². The van der Waals surface area contributed by atoms with Crippen molar-refractivity contribution in [3.05, 3.63) is 59.2 Å². The molecule has 1 saturated heterocycles. The number of nitriles is 1. The molecule has 8 nitrogen and oxygen atoms in total. The Balaban J connectivity index is 1.65. The fraction of sp³-hybridized carbons (Fsp3) is 0.385. The van der Waals surface area contributed by atoms with Gasteiger partial charge in [0.25, 0.3) is 0 Å². The van der Waals surface area contributed by atoms with Crippen molar-refractivity contribution in [2.45, 2.75) is 54.8 Å². The summed E-state index contributed by atoms with van der Waals surface area (Å²) in [6, 6.07) is 7.59. The van der Waals surface area contributed by atoms with Crippen LogP contribution >= 0.6 is 0 Å². The Kier molecular flexibility index (Phi) is 6.83. The predicted octanol–water partition coefficient (Wildman–Crippen LogP) is 5.99. The van der Waals surface area contributed by atoms with Gasteiger partial charge in [0.1, 0.15) is 16.7 Å². The van der Waals surface area contributed by atoms with Crippen LogP contribution in [0.5, 0.6) is 11.6 Å². The van der Waals surface area contributed by atoms with E-state index in [-0.39, 0.29) is 33.7 Å². The van der Waals surface area contributed by atoms with Crippen LogP contribution in [0.4, 0.5) is 13.2 Å². The number of ether oxygens (including phenoxy) is 2. The van der Waals surface area contributed by atoms with Crippen molar-refractivity contribution in [2.24, 2.45) is 0 Å². The molecule has 3 aromatic heterocycles. The highest BCUT2D eigenvalue weighted by Gasteiger charge is 2.38. The summed E-state index contributed by atoms with van der Waals surface area (Å²) < 4.78 is 74.8. The Labute approximate surface area is 217 Å². The van der Waals surface area contributed by atoms with Crippen LogP contribution in [0.2, 0.25) is 0 Å². The molecule has 3 aromatic rings. The van der Waals surface area contributed by atoms with Gasteiger partial charge in [-0.3, -0.25) is 4.98 Å². The van der Waals surface area contributed by atoms with Crippen LogP contribution in [0.15, 0.2) is 41.6 Å². The second-order valence-corrected chi connectivity index (χ2v) is 11.7. The van der Waals surface area contributed by atoms with E-state index in [1.165, 1.54) is 25.4 Å². The van der Waals surface area contributed by atoms with Crippen LogP contribution in [0, 0.1) is 23.0 Å². The predicted molar refractivity (Wildman–Crippen MR) is 131 cm³/mol. The zero-order valence-electron chi connectivity index (χ0n) is 20.4. The summed E-state index contributed by atoms with van der Waals surface area (Å²) in [4.78, 5) is 12.6. The van der Waals surface area contributed by atoms with Gasteiger partial charge < -0.3 is 9.47 Å². The molecule has 4 heterocycles. The molecule has 5 rings (SSSR count). The fourth-order valence-electron chi connectivity index (χ4n) is 4.41. The first-order valence-corrected chi connectivity index (χ1v) is 13.7. The topological polar surface area (TPSA) is 122 Å². The molecule has 0 bridgehead atoms. The van der Waals surface area contributed by atoms with Gasteiger partial charge in [-0.15, -0.1) is 0 Å². The van der Waals surface area contributed by atoms with Gasteiger partial charge in [0.05, 0.1) is 31.9 Å². The molecule has 0 amide bonds. The van der Waals surface area contributed by atoms with Crippen LogP contribution < -0.4 is 4.74 Å². The van der Waals surface area contributed by atoms with E-state index >= 15 is 0 Å². The van der Waals surface area contributed by atoms with E-state index in [0.29, 0.717) is 55.7 Å². The van der Waals surface area contributed by atoms with Crippen LogP contribution in [0.25, 0.3) is 11.3 Å². The summed E-state index contributed by atoms with van der Waals surface area (Å²) in [5.41, 5.74) is 0.529. The van der Waals surface area contributed by atoms with Crippen molar-refractivity contribution in [1.82, 2.24) is 15.0 Å². The Morgan fingerprint density at radius 1 is 1.13 bits per heavy atom. The summed E-state index contributed by atoms with van der Waals surface area (Å²) in [6.07, 6.45) is 0.480. The number of halogens is 3. The normalized spacial score (nSPS) is 18.0. The molecule has 0 radical (unpaired) electrons. The lowest BCUT2D eigenvalue weighted by Crippen LogP contribution is -2.28. The van der Waals surface area contributed by atoms with Gasteiger partial charge in [0.2, 0.25) is 5.88 Å². The minimum Gasteiger partial charge on any atom is -0.436 e. The Morgan fingerprint density at radius 2 is 1.87 bits per heavy atom. The molecule has 1 aliphatic heterocycles. The number of alkyl halides is 3. The molecule has 38 heavy (non-hydrogen) atoms. The number of hydrogen-bond acceptors (Lipinski definition) is 8. The van der Waals surface area contributed by atoms with E-state index in [4.69, 9.17) is 14.3 Å². The van der Waals surface area contributed by atoms with Crippen molar-refractivity contribution in [1.29, 1.82) is 10.0 Å². The first-order valence-electron chi connectivity index (χ1n) is 12.1. The molecule has 2 aliphatic rings. The average Bonchev–Trinajstić information content (AvgIpc) is 3.75. The van der Waals surface area contributed by atoms with Crippen LogP contribution in [0.1, 0.15) is 54.1 Å². The first-order chi connectivity index (χ1) is 18.1. The number of pyridine rings is 3. The lowest BCUT2D eigenvalue weighted by molar-refractivity contribution is -0.141. The van der Waals surface area contributed by atoms with Gasteiger partial charge in [0.15, 0.2) is 5.75 Å². The molecule has 0 spiro atoms. The molecule has 2 fully saturated rings. The summed E-state index contributed by atoms with van der Waals surface area (Å²) in [5, 5.41) is 8.76. The SMILES string of the molecule is Cc1cc(C(F)(F)F)nc(C2CC2)c1Oc1nc(-c2cncc(C#N)c2)ccc1S(=N)(=O)C1CCOCC1. The molecular weight excluding hydrogens is 519 g/mol. The average molecular weight is 544 g/mol. The standard InChI is InChI=1S/C26H24F3N5O3S/c1-15-10-22(26(27,28)29)34-23(17-2-3-17)24(15)37-25-21(38(31,35)19-6-8-36-9-7-19)5-4-20(33-25)18-11-16(12-30)13-32-14-18/h4-5,10-11,13-14,17,19,31H,2-3,6-9H2,1H3. The maximum absolute atomic E-state index is 13.9. The zero-order valence-corrected chi connectivity index (χ0v) is 21.2. The Hall–Kier alpha value is -3.56. The van der Waals surface area contributed by atoms with Gasteiger partial charge >= 0.3 is 6.18 Å². The molecule has 1 N–H and O–H groups in total. The summed E-state index contributed by atoms with van der Waals surface area (Å²) in [6.45, 7) is 2.25. The minimum absolute atomic E-state index is 0.0543. The lowest BCUT2D eigenvalue weighted by atomic mass is 10.1. The highest BCUT2D eigenvalue weighted by Crippen LogP contribution is 2.47. The number of nitrogens with one attached hydrogen (secondary N) is 1. The smallest absolute Gasteiger partial charge is 0.433 e.